The maximum absolute atomic E-state index is 12.8. The molecule has 15 heteroatoms. The number of carbonyl (C=O) groups excluding carboxylic acids is 5. The molecule has 15 nitrogen and oxygen atoms in total. The summed E-state index contributed by atoms with van der Waals surface area (Å²) in [6.45, 7) is 16.4. The van der Waals surface area contributed by atoms with Crippen LogP contribution >= 0.6 is 0 Å². The number of hydrogen-bond donors (Lipinski definition) is 4. The van der Waals surface area contributed by atoms with E-state index in [-0.39, 0.29) is 48.3 Å². The molecule has 4 aliphatic rings. The summed E-state index contributed by atoms with van der Waals surface area (Å²) >= 11 is 0. The molecule has 10 atom stereocenters. The summed E-state index contributed by atoms with van der Waals surface area (Å²) in [6.07, 6.45) is 16.6. The number of hydrogen-bond acceptors (Lipinski definition) is 10. The second-order valence-electron chi connectivity index (χ2n) is 21.3. The summed E-state index contributed by atoms with van der Waals surface area (Å²) in [6, 6.07) is 9.53. The van der Waals surface area contributed by atoms with E-state index in [1.54, 1.807) is 29.8 Å². The molecule has 0 aromatic heterocycles. The number of anilines is 1. The molecular weight excluding hydrogens is 879 g/mol. The third kappa shape index (κ3) is 13.9. The minimum atomic E-state index is -0.995. The Morgan fingerprint density at radius 3 is 2.22 bits per heavy atom. The smallest absolute Gasteiger partial charge is 0.429 e. The predicted octanol–water partition coefficient (Wildman–Crippen LogP) is 9.97. The van der Waals surface area contributed by atoms with Gasteiger partial charge in [-0.1, -0.05) is 77.7 Å². The first-order chi connectivity index (χ1) is 32.9. The monoisotopic (exact) mass is 956 g/mol. The van der Waals surface area contributed by atoms with Crippen molar-refractivity contribution in [1.29, 1.82) is 0 Å². The number of benzene rings is 2. The molecule has 0 spiro atoms. The largest absolute Gasteiger partial charge is 0.514 e. The molecule has 0 aliphatic heterocycles. The third-order valence-corrected chi connectivity index (χ3v) is 16.2. The van der Waals surface area contributed by atoms with Crippen molar-refractivity contribution >= 4 is 41.2 Å². The normalized spacial score (nSPS) is 26.1. The Kier molecular flexibility index (Phi) is 18.5. The van der Waals surface area contributed by atoms with Crippen molar-refractivity contribution in [1.82, 2.24) is 16.0 Å². The van der Waals surface area contributed by atoms with Crippen molar-refractivity contribution in [2.45, 2.75) is 163 Å². The van der Waals surface area contributed by atoms with E-state index >= 15 is 0 Å². The van der Waals surface area contributed by atoms with Gasteiger partial charge in [-0.25, -0.2) is 4.79 Å². The second-order valence-corrected chi connectivity index (χ2v) is 21.3. The highest BCUT2D eigenvalue weighted by atomic mass is 16.7. The highest BCUT2D eigenvalue weighted by Gasteiger charge is 2.59. The van der Waals surface area contributed by atoms with Crippen LogP contribution in [0.3, 0.4) is 0 Å². The molecule has 3 saturated carbocycles. The zero-order valence-corrected chi connectivity index (χ0v) is 41.9. The lowest BCUT2D eigenvalue weighted by atomic mass is 9.47. The van der Waals surface area contributed by atoms with Crippen molar-refractivity contribution in [3.05, 3.63) is 75.9 Å². The maximum atomic E-state index is 12.8. The Bertz CT molecular complexity index is 2140. The standard InChI is InChI=1S/C54H77N5O10/c1-34(2)10-8-11-35(3)45-22-23-46-44-21-14-39-32-43(26-28-53(39,6)47(44)27-29-54(45,46)7)67-31-9-30-55-48(60)24-25-49(61)56-36(4)50(62)57-37(5)51(63)58-40-15-12-38(13-16-40)33-68-52(64)69-42-19-17-41(18-20-42)59(65)66/h12-20,34-37,43-47H,8-11,21-33H2,1-7H3,(H,55,60)(H,56,61)(H,57,62)(H,58,63)/t35-,36+,37+,43+,44+,45-,46+,47+,53+,54-/m1/s1. The topological polar surface area (TPSA) is 204 Å². The van der Waals surface area contributed by atoms with Crippen molar-refractivity contribution < 1.29 is 43.1 Å². The Labute approximate surface area is 408 Å². The summed E-state index contributed by atoms with van der Waals surface area (Å²) < 4.78 is 16.5. The predicted molar refractivity (Wildman–Crippen MR) is 264 cm³/mol. The molecule has 4 amide bonds. The minimum absolute atomic E-state index is 0.0213. The van der Waals surface area contributed by atoms with Crippen LogP contribution in [0.2, 0.25) is 0 Å². The molecule has 3 fully saturated rings. The highest BCUT2D eigenvalue weighted by molar-refractivity contribution is 5.98. The molecule has 69 heavy (non-hydrogen) atoms. The number of ether oxygens (including phenoxy) is 3. The third-order valence-electron chi connectivity index (χ3n) is 16.2. The fourth-order valence-corrected chi connectivity index (χ4v) is 12.3. The van der Waals surface area contributed by atoms with Crippen LogP contribution in [-0.2, 0) is 35.3 Å². The minimum Gasteiger partial charge on any atom is -0.429 e. The second kappa shape index (κ2) is 24.0. The average Bonchev–Trinajstić information content (AvgIpc) is 3.67. The molecule has 2 aromatic carbocycles. The molecule has 0 unspecified atom stereocenters. The number of non-ortho nitro benzene ring substituents is 1. The van der Waals surface area contributed by atoms with E-state index in [9.17, 15) is 34.1 Å². The van der Waals surface area contributed by atoms with E-state index in [4.69, 9.17) is 14.2 Å². The van der Waals surface area contributed by atoms with Gasteiger partial charge in [-0.05, 0) is 148 Å². The van der Waals surface area contributed by atoms with Gasteiger partial charge in [0.15, 0.2) is 0 Å². The quantitative estimate of drug-likeness (QED) is 0.0220. The van der Waals surface area contributed by atoms with Crippen LogP contribution in [0, 0.1) is 56.5 Å². The molecule has 4 N–H and O–H groups in total. The van der Waals surface area contributed by atoms with Gasteiger partial charge in [0.2, 0.25) is 23.6 Å². The Morgan fingerprint density at radius 2 is 1.51 bits per heavy atom. The SMILES string of the molecule is CC(C)CCC[C@@H](C)[C@H]1CC[C@H]2[C@@H]3CC=C4C[C@@H](OCCCNC(=O)CCC(=O)N[C@@H](C)C(=O)N[C@@H](C)C(=O)Nc5ccc(COC(=O)Oc6ccc([N+](=O)[O-])cc6)cc5)CC[C@]4(C)[C@H]3CC[C@]12C. The van der Waals surface area contributed by atoms with E-state index in [1.165, 1.54) is 95.9 Å². The molecule has 2 aromatic rings. The zero-order valence-electron chi connectivity index (χ0n) is 41.9. The van der Waals surface area contributed by atoms with Gasteiger partial charge in [-0.3, -0.25) is 29.3 Å². The number of amides is 4. The van der Waals surface area contributed by atoms with Crippen LogP contribution < -0.4 is 26.0 Å². The van der Waals surface area contributed by atoms with Gasteiger partial charge in [0.05, 0.1) is 11.0 Å². The maximum Gasteiger partial charge on any atom is 0.514 e. The highest BCUT2D eigenvalue weighted by Crippen LogP contribution is 2.67. The van der Waals surface area contributed by atoms with Gasteiger partial charge in [0, 0.05) is 43.8 Å². The summed E-state index contributed by atoms with van der Waals surface area (Å²) in [5, 5.41) is 21.6. The molecule has 0 heterocycles. The zero-order chi connectivity index (χ0) is 49.9. The van der Waals surface area contributed by atoms with Gasteiger partial charge < -0.3 is 35.5 Å². The van der Waals surface area contributed by atoms with Crippen molar-refractivity contribution in [3.8, 4) is 5.75 Å². The lowest BCUT2D eigenvalue weighted by Crippen LogP contribution is -2.51. The van der Waals surface area contributed by atoms with Gasteiger partial charge >= 0.3 is 6.16 Å². The Morgan fingerprint density at radius 1 is 0.797 bits per heavy atom. The van der Waals surface area contributed by atoms with Gasteiger partial charge in [-0.2, -0.15) is 0 Å². The molecule has 6 rings (SSSR count). The number of nitrogens with zero attached hydrogens (tertiary/aromatic N) is 1. The molecule has 0 radical (unpaired) electrons. The van der Waals surface area contributed by atoms with E-state index in [1.807, 2.05) is 0 Å². The summed E-state index contributed by atoms with van der Waals surface area (Å²) in [4.78, 5) is 73.1. The summed E-state index contributed by atoms with van der Waals surface area (Å²) in [5.74, 6) is 3.26. The first-order valence-corrected chi connectivity index (χ1v) is 25.5. The van der Waals surface area contributed by atoms with Crippen LogP contribution in [-0.4, -0.2) is 66.0 Å². The van der Waals surface area contributed by atoms with Crippen LogP contribution in [0.15, 0.2) is 60.2 Å². The van der Waals surface area contributed by atoms with Crippen LogP contribution in [0.1, 0.15) is 144 Å². The number of fused-ring (bicyclic) bond motifs is 5. The number of carbonyl (C=O) groups is 5. The summed E-state index contributed by atoms with van der Waals surface area (Å²) in [5.41, 5.74) is 3.28. The average molecular weight is 956 g/mol. The van der Waals surface area contributed by atoms with E-state index in [0.717, 1.165) is 48.3 Å². The van der Waals surface area contributed by atoms with Gasteiger partial charge in [-0.15, -0.1) is 0 Å². The van der Waals surface area contributed by atoms with Gasteiger partial charge in [0.1, 0.15) is 24.4 Å². The fraction of sp³-hybridized carbons (Fsp3) is 0.648. The Balaban J connectivity index is 0.815. The van der Waals surface area contributed by atoms with E-state index < -0.39 is 40.9 Å². The van der Waals surface area contributed by atoms with Crippen molar-refractivity contribution in [2.24, 2.45) is 46.3 Å². The lowest BCUT2D eigenvalue weighted by Gasteiger charge is -2.58. The van der Waals surface area contributed by atoms with Crippen LogP contribution in [0.5, 0.6) is 5.75 Å². The van der Waals surface area contributed by atoms with Crippen molar-refractivity contribution in [2.75, 3.05) is 18.5 Å². The molecule has 4 aliphatic carbocycles. The first-order valence-electron chi connectivity index (χ1n) is 25.5. The Hall–Kier alpha value is -5.31. The van der Waals surface area contributed by atoms with Crippen molar-refractivity contribution in [3.63, 3.8) is 0 Å². The van der Waals surface area contributed by atoms with Gasteiger partial charge in [0.25, 0.3) is 5.69 Å². The van der Waals surface area contributed by atoms with E-state index in [0.29, 0.717) is 36.2 Å². The number of nitro groups is 1. The molecule has 0 bridgehead atoms. The number of rotatable bonds is 22. The van der Waals surface area contributed by atoms with Crippen LogP contribution in [0.25, 0.3) is 0 Å². The molecule has 378 valence electrons. The number of nitro benzene ring substituents is 1. The number of nitrogens with one attached hydrogen (secondary N) is 4. The van der Waals surface area contributed by atoms with Crippen LogP contribution in [0.4, 0.5) is 16.2 Å². The molecule has 0 saturated heterocycles. The lowest BCUT2D eigenvalue weighted by molar-refractivity contribution is -0.384. The fourth-order valence-electron chi connectivity index (χ4n) is 12.3. The molecular formula is C54H77N5O10. The van der Waals surface area contributed by atoms with E-state index in [2.05, 4.69) is 62.0 Å². The first kappa shape index (κ1) is 53.0. The number of allylic oxidation sites excluding steroid dienone is 1. The summed E-state index contributed by atoms with van der Waals surface area (Å²) in [7, 11) is 0.